The highest BCUT2D eigenvalue weighted by molar-refractivity contribution is 6.00. The summed E-state index contributed by atoms with van der Waals surface area (Å²) in [6, 6.07) is -0.576. The van der Waals surface area contributed by atoms with E-state index in [1.165, 1.54) is 0 Å². The molecular weight excluding hydrogens is 388 g/mol. The lowest BCUT2D eigenvalue weighted by atomic mass is 10.1. The van der Waals surface area contributed by atoms with Crippen molar-refractivity contribution in [3.05, 3.63) is 0 Å². The number of carboxylic acids is 1. The highest BCUT2D eigenvalue weighted by atomic mass is 16.5. The molecule has 160 valence electrons. The van der Waals surface area contributed by atoms with Crippen LogP contribution in [0.3, 0.4) is 0 Å². The fourth-order valence-corrected chi connectivity index (χ4v) is 3.12. The highest BCUT2D eigenvalue weighted by Gasteiger charge is 2.37. The average Bonchev–Trinajstić information content (AvgIpc) is 2.63. The first-order valence-corrected chi connectivity index (χ1v) is 9.10. The lowest BCUT2D eigenvalue weighted by Crippen LogP contribution is -2.62. The third-order valence-electron chi connectivity index (χ3n) is 5.00. The van der Waals surface area contributed by atoms with E-state index in [1.807, 2.05) is 6.92 Å². The Kier molecular flexibility index (Phi) is 7.40. The molecule has 12 heteroatoms. The molecule has 0 radical (unpaired) electrons. The molecule has 0 aliphatic carbocycles. The topological polar surface area (TPSA) is 154 Å². The van der Waals surface area contributed by atoms with Gasteiger partial charge in [0.05, 0.1) is 39.0 Å². The fraction of sp³-hybridized carbons (Fsp3) is 0.647. The summed E-state index contributed by atoms with van der Waals surface area (Å²) in [5, 5.41) is 10.8. The number of hydrogen-bond donors (Lipinski definition) is 2. The first-order valence-electron chi connectivity index (χ1n) is 9.10. The molecule has 2 saturated heterocycles. The van der Waals surface area contributed by atoms with Gasteiger partial charge in [0.2, 0.25) is 23.6 Å². The molecule has 2 heterocycles. The Morgan fingerprint density at radius 1 is 0.931 bits per heavy atom. The van der Waals surface area contributed by atoms with E-state index in [0.717, 1.165) is 4.90 Å². The molecule has 0 spiro atoms. The zero-order valence-electron chi connectivity index (χ0n) is 16.3. The summed E-state index contributed by atoms with van der Waals surface area (Å²) in [6.07, 6.45) is -0.755. The SMILES string of the molecule is CC(C(C)N1CC(=O)N(COC(=O)CCC(=O)O)C(=O)C1)N1CC(=O)NC(=O)C1. The molecule has 2 fully saturated rings. The van der Waals surface area contributed by atoms with Gasteiger partial charge in [0, 0.05) is 12.1 Å². The second-order valence-electron chi connectivity index (χ2n) is 7.02. The number of amides is 4. The second-order valence-corrected chi connectivity index (χ2v) is 7.02. The van der Waals surface area contributed by atoms with Crippen molar-refractivity contribution < 1.29 is 38.6 Å². The Hall–Kier alpha value is -2.86. The van der Waals surface area contributed by atoms with E-state index in [4.69, 9.17) is 9.84 Å². The molecule has 0 bridgehead atoms. The largest absolute Gasteiger partial charge is 0.481 e. The summed E-state index contributed by atoms with van der Waals surface area (Å²) in [4.78, 5) is 73.9. The number of carbonyl (C=O) groups excluding carboxylic acids is 5. The number of nitrogens with one attached hydrogen (secondary N) is 1. The molecule has 2 aliphatic heterocycles. The van der Waals surface area contributed by atoms with E-state index < -0.39 is 48.7 Å². The minimum atomic E-state index is -1.15. The number of hydrogen-bond acceptors (Lipinski definition) is 9. The molecule has 2 unspecified atom stereocenters. The Labute approximate surface area is 166 Å². The first kappa shape index (κ1) is 22.4. The van der Waals surface area contributed by atoms with Gasteiger partial charge in [-0.2, -0.15) is 0 Å². The van der Waals surface area contributed by atoms with Crippen LogP contribution in [0, 0.1) is 0 Å². The summed E-state index contributed by atoms with van der Waals surface area (Å²) in [5.41, 5.74) is 0. The van der Waals surface area contributed by atoms with Gasteiger partial charge in [-0.1, -0.05) is 0 Å². The molecule has 0 aromatic rings. The van der Waals surface area contributed by atoms with Gasteiger partial charge in [-0.25, -0.2) is 4.90 Å². The summed E-state index contributed by atoms with van der Waals surface area (Å²) in [7, 11) is 0. The number of piperazine rings is 2. The number of ether oxygens (including phenoxy) is 1. The molecule has 0 aromatic heterocycles. The van der Waals surface area contributed by atoms with Gasteiger partial charge in [-0.15, -0.1) is 0 Å². The van der Waals surface area contributed by atoms with Crippen LogP contribution < -0.4 is 5.32 Å². The number of imide groups is 2. The van der Waals surface area contributed by atoms with Crippen LogP contribution in [0.1, 0.15) is 26.7 Å². The fourth-order valence-electron chi connectivity index (χ4n) is 3.12. The van der Waals surface area contributed by atoms with Crippen LogP contribution in [0.15, 0.2) is 0 Å². The third-order valence-corrected chi connectivity index (χ3v) is 5.00. The van der Waals surface area contributed by atoms with Crippen molar-refractivity contribution in [3.63, 3.8) is 0 Å². The molecule has 2 aliphatic rings. The van der Waals surface area contributed by atoms with Crippen molar-refractivity contribution in [2.45, 2.75) is 38.8 Å². The average molecular weight is 412 g/mol. The molecule has 2 rings (SSSR count). The van der Waals surface area contributed by atoms with Crippen molar-refractivity contribution in [1.29, 1.82) is 0 Å². The van der Waals surface area contributed by atoms with Crippen LogP contribution in [0.25, 0.3) is 0 Å². The zero-order valence-corrected chi connectivity index (χ0v) is 16.3. The van der Waals surface area contributed by atoms with Crippen molar-refractivity contribution >= 4 is 35.6 Å². The van der Waals surface area contributed by atoms with E-state index in [1.54, 1.807) is 16.7 Å². The number of esters is 1. The Morgan fingerprint density at radius 2 is 1.41 bits per heavy atom. The van der Waals surface area contributed by atoms with Gasteiger partial charge in [0.25, 0.3) is 0 Å². The number of nitrogens with zero attached hydrogens (tertiary/aromatic N) is 3. The van der Waals surface area contributed by atoms with E-state index in [9.17, 15) is 28.8 Å². The number of aliphatic carboxylic acids is 1. The lowest BCUT2D eigenvalue weighted by Gasteiger charge is -2.41. The second kappa shape index (κ2) is 9.56. The molecule has 2 N–H and O–H groups in total. The molecular formula is C17H24N4O8. The van der Waals surface area contributed by atoms with Crippen molar-refractivity contribution in [2.75, 3.05) is 32.9 Å². The molecule has 0 saturated carbocycles. The van der Waals surface area contributed by atoms with Gasteiger partial charge in [0.15, 0.2) is 6.73 Å². The lowest BCUT2D eigenvalue weighted by molar-refractivity contribution is -0.165. The van der Waals surface area contributed by atoms with Gasteiger partial charge in [-0.3, -0.25) is 43.9 Å². The highest BCUT2D eigenvalue weighted by Crippen LogP contribution is 2.16. The van der Waals surface area contributed by atoms with Gasteiger partial charge >= 0.3 is 11.9 Å². The van der Waals surface area contributed by atoms with E-state index >= 15 is 0 Å². The maximum atomic E-state index is 12.3. The first-order chi connectivity index (χ1) is 13.6. The Balaban J connectivity index is 1.89. The maximum Gasteiger partial charge on any atom is 0.308 e. The monoisotopic (exact) mass is 412 g/mol. The summed E-state index contributed by atoms with van der Waals surface area (Å²) in [6.45, 7) is 2.94. The van der Waals surface area contributed by atoms with Crippen molar-refractivity contribution in [3.8, 4) is 0 Å². The Morgan fingerprint density at radius 3 is 1.90 bits per heavy atom. The van der Waals surface area contributed by atoms with Gasteiger partial charge in [-0.05, 0) is 13.8 Å². The van der Waals surface area contributed by atoms with Crippen molar-refractivity contribution in [1.82, 2.24) is 20.0 Å². The molecule has 0 aromatic carbocycles. The van der Waals surface area contributed by atoms with E-state index in [-0.39, 0.29) is 44.7 Å². The van der Waals surface area contributed by atoms with E-state index in [0.29, 0.717) is 0 Å². The summed E-state index contributed by atoms with van der Waals surface area (Å²) < 4.78 is 4.81. The smallest absolute Gasteiger partial charge is 0.308 e. The predicted molar refractivity (Wildman–Crippen MR) is 94.9 cm³/mol. The minimum absolute atomic E-state index is 0.0470. The quantitative estimate of drug-likeness (QED) is 0.330. The molecule has 12 nitrogen and oxygen atoms in total. The van der Waals surface area contributed by atoms with Crippen LogP contribution in [0.4, 0.5) is 0 Å². The molecule has 2 atom stereocenters. The molecule has 4 amide bonds. The zero-order chi connectivity index (χ0) is 21.7. The van der Waals surface area contributed by atoms with Crippen LogP contribution in [0.2, 0.25) is 0 Å². The van der Waals surface area contributed by atoms with Crippen LogP contribution in [-0.4, -0.2) is 100 Å². The van der Waals surface area contributed by atoms with Gasteiger partial charge < -0.3 is 9.84 Å². The molecule has 29 heavy (non-hydrogen) atoms. The van der Waals surface area contributed by atoms with Crippen LogP contribution >= 0.6 is 0 Å². The van der Waals surface area contributed by atoms with E-state index in [2.05, 4.69) is 5.32 Å². The standard InChI is InChI=1S/C17H24N4O8/c1-10(19-5-12(22)18-13(23)6-19)11(2)20-7-14(24)21(15(25)8-20)9-29-17(28)4-3-16(26)27/h10-11H,3-9H2,1-2H3,(H,26,27)(H,18,22,23). The number of rotatable bonds is 8. The summed E-state index contributed by atoms with van der Waals surface area (Å²) >= 11 is 0. The summed E-state index contributed by atoms with van der Waals surface area (Å²) in [5.74, 6) is -3.88. The Bertz CT molecular complexity index is 690. The normalized spacial score (nSPS) is 21.0. The number of carbonyl (C=O) groups is 6. The third kappa shape index (κ3) is 6.06. The van der Waals surface area contributed by atoms with Crippen molar-refractivity contribution in [2.24, 2.45) is 0 Å². The van der Waals surface area contributed by atoms with Crippen LogP contribution in [0.5, 0.6) is 0 Å². The number of carboxylic acid groups (broad SMARTS) is 1. The van der Waals surface area contributed by atoms with Crippen LogP contribution in [-0.2, 0) is 33.5 Å². The predicted octanol–water partition coefficient (Wildman–Crippen LogP) is -2.24. The minimum Gasteiger partial charge on any atom is -0.481 e. The maximum absolute atomic E-state index is 12.3. The van der Waals surface area contributed by atoms with Gasteiger partial charge in [0.1, 0.15) is 0 Å².